The Kier molecular flexibility index (Phi) is 3.52. The molecule has 1 saturated carbocycles. The van der Waals surface area contributed by atoms with Gasteiger partial charge in [0.15, 0.2) is 0 Å². The minimum Gasteiger partial charge on any atom is -0.323 e. The molecule has 1 aliphatic carbocycles. The molecule has 0 aromatic heterocycles. The minimum atomic E-state index is -0.912. The third-order valence-corrected chi connectivity index (χ3v) is 4.06. The van der Waals surface area contributed by atoms with Crippen molar-refractivity contribution in [1.29, 1.82) is 5.26 Å². The number of carbonyl (C=O) groups excluding carboxylic acids is 1. The molecule has 1 aromatic rings. The van der Waals surface area contributed by atoms with Gasteiger partial charge < -0.3 is 5.32 Å². The van der Waals surface area contributed by atoms with Gasteiger partial charge in [-0.1, -0.05) is 36.2 Å². The summed E-state index contributed by atoms with van der Waals surface area (Å²) in [6.07, 6.45) is 1.18. The average molecular weight is 283 g/mol. The molecular weight excluding hydrogens is 271 g/mol. The predicted octanol–water partition coefficient (Wildman–Crippen LogP) is 3.87. The molecule has 0 unspecified atom stereocenters. The summed E-state index contributed by atoms with van der Waals surface area (Å²) >= 11 is 11.9. The van der Waals surface area contributed by atoms with Gasteiger partial charge in [0, 0.05) is 0 Å². The topological polar surface area (TPSA) is 52.9 Å². The Morgan fingerprint density at radius 1 is 1.50 bits per heavy atom. The van der Waals surface area contributed by atoms with Crippen LogP contribution in [0, 0.1) is 22.7 Å². The predicted molar refractivity (Wildman–Crippen MR) is 71.5 cm³/mol. The van der Waals surface area contributed by atoms with Crippen LogP contribution in [0.1, 0.15) is 19.8 Å². The van der Waals surface area contributed by atoms with Gasteiger partial charge >= 0.3 is 0 Å². The average Bonchev–Trinajstić information content (AvgIpc) is 2.30. The summed E-state index contributed by atoms with van der Waals surface area (Å²) in [6, 6.07) is 7.12. The van der Waals surface area contributed by atoms with Crippen LogP contribution >= 0.6 is 23.2 Å². The van der Waals surface area contributed by atoms with Crippen LogP contribution in [0.2, 0.25) is 10.0 Å². The molecule has 2 rings (SSSR count). The van der Waals surface area contributed by atoms with Gasteiger partial charge in [0.05, 0.1) is 21.8 Å². The molecule has 0 heterocycles. The Morgan fingerprint density at radius 3 is 2.72 bits per heavy atom. The van der Waals surface area contributed by atoms with E-state index in [1.165, 1.54) is 0 Å². The highest BCUT2D eigenvalue weighted by atomic mass is 35.5. The molecule has 0 aliphatic heterocycles. The molecule has 0 bridgehead atoms. The van der Waals surface area contributed by atoms with Crippen LogP contribution in [0.25, 0.3) is 0 Å². The van der Waals surface area contributed by atoms with Crippen molar-refractivity contribution in [3.05, 3.63) is 28.2 Å². The molecule has 1 N–H and O–H groups in total. The van der Waals surface area contributed by atoms with Crippen molar-refractivity contribution >= 4 is 34.8 Å². The quantitative estimate of drug-likeness (QED) is 0.895. The van der Waals surface area contributed by atoms with Crippen molar-refractivity contribution in [3.63, 3.8) is 0 Å². The normalized spacial score (nSPS) is 26.0. The van der Waals surface area contributed by atoms with Crippen LogP contribution in [-0.4, -0.2) is 5.91 Å². The number of nitrogens with one attached hydrogen (secondary N) is 1. The lowest BCUT2D eigenvalue weighted by Crippen LogP contribution is -2.45. The molecule has 1 amide bonds. The molecule has 0 radical (unpaired) electrons. The van der Waals surface area contributed by atoms with Crippen molar-refractivity contribution < 1.29 is 4.79 Å². The van der Waals surface area contributed by atoms with Gasteiger partial charge in [-0.2, -0.15) is 5.26 Å². The first-order chi connectivity index (χ1) is 8.48. The maximum Gasteiger partial charge on any atom is 0.244 e. The van der Waals surface area contributed by atoms with Gasteiger partial charge in [0.25, 0.3) is 0 Å². The number of amides is 1. The zero-order valence-electron chi connectivity index (χ0n) is 9.84. The maximum absolute atomic E-state index is 12.1. The van der Waals surface area contributed by atoms with Gasteiger partial charge in [-0.15, -0.1) is 0 Å². The summed E-state index contributed by atoms with van der Waals surface area (Å²) in [5, 5.41) is 12.5. The summed E-state index contributed by atoms with van der Waals surface area (Å²) in [5.41, 5.74) is -0.464. The Labute approximate surface area is 116 Å². The number of nitrogens with zero attached hydrogens (tertiary/aromatic N) is 1. The highest BCUT2D eigenvalue weighted by Crippen LogP contribution is 2.46. The Balaban J connectivity index is 2.18. The zero-order valence-corrected chi connectivity index (χ0v) is 11.3. The fourth-order valence-corrected chi connectivity index (χ4v) is 2.65. The number of carbonyl (C=O) groups is 1. The van der Waals surface area contributed by atoms with E-state index in [0.717, 1.165) is 0 Å². The van der Waals surface area contributed by atoms with E-state index in [1.807, 2.05) is 6.92 Å². The lowest BCUT2D eigenvalue weighted by molar-refractivity contribution is -0.128. The van der Waals surface area contributed by atoms with Crippen molar-refractivity contribution in [2.75, 3.05) is 5.32 Å². The van der Waals surface area contributed by atoms with Crippen LogP contribution in [0.4, 0.5) is 5.69 Å². The number of hydrogen-bond acceptors (Lipinski definition) is 2. The van der Waals surface area contributed by atoms with Crippen LogP contribution in [0.3, 0.4) is 0 Å². The van der Waals surface area contributed by atoms with Gasteiger partial charge in [-0.3, -0.25) is 4.79 Å². The summed E-state index contributed by atoms with van der Waals surface area (Å²) in [6.45, 7) is 2.02. The van der Waals surface area contributed by atoms with E-state index in [4.69, 9.17) is 28.5 Å². The Morgan fingerprint density at radius 2 is 2.17 bits per heavy atom. The second-order valence-corrected chi connectivity index (χ2v) is 5.55. The number of rotatable bonds is 2. The van der Waals surface area contributed by atoms with E-state index in [2.05, 4.69) is 11.4 Å². The first-order valence-corrected chi connectivity index (χ1v) is 6.41. The fourth-order valence-electron chi connectivity index (χ4n) is 2.30. The van der Waals surface area contributed by atoms with Crippen LogP contribution in [0.15, 0.2) is 18.2 Å². The monoisotopic (exact) mass is 282 g/mol. The molecular formula is C13H12Cl2N2O. The van der Waals surface area contributed by atoms with Crippen LogP contribution in [0.5, 0.6) is 0 Å². The lowest BCUT2D eigenvalue weighted by atomic mass is 9.63. The standard InChI is InChI=1S/C13H12Cl2N2O/c1-8-5-13(6-8,7-16)12(18)17-10-4-2-3-9(14)11(10)15/h2-4,8H,5-6H2,1H3,(H,17,18). The molecule has 0 atom stereocenters. The van der Waals surface area contributed by atoms with Crippen molar-refractivity contribution in [2.24, 2.45) is 11.3 Å². The number of nitriles is 1. The Hall–Kier alpha value is -1.24. The Bertz CT molecular complexity index is 530. The molecule has 5 heteroatoms. The SMILES string of the molecule is CC1CC(C#N)(C(=O)Nc2cccc(Cl)c2Cl)C1. The number of anilines is 1. The van der Waals surface area contributed by atoms with Crippen molar-refractivity contribution in [1.82, 2.24) is 0 Å². The molecule has 3 nitrogen and oxygen atoms in total. The van der Waals surface area contributed by atoms with E-state index >= 15 is 0 Å². The van der Waals surface area contributed by atoms with Crippen molar-refractivity contribution in [3.8, 4) is 6.07 Å². The smallest absolute Gasteiger partial charge is 0.244 e. The third kappa shape index (κ3) is 2.19. The fraction of sp³-hybridized carbons (Fsp3) is 0.385. The van der Waals surface area contributed by atoms with Crippen LogP contribution in [-0.2, 0) is 4.79 Å². The van der Waals surface area contributed by atoms with E-state index in [9.17, 15) is 4.79 Å². The van der Waals surface area contributed by atoms with Gasteiger partial charge in [-0.05, 0) is 30.9 Å². The zero-order chi connectivity index (χ0) is 13.3. The molecule has 1 aliphatic rings. The number of hydrogen-bond donors (Lipinski definition) is 1. The molecule has 1 aromatic carbocycles. The second kappa shape index (κ2) is 4.79. The minimum absolute atomic E-state index is 0.299. The summed E-state index contributed by atoms with van der Waals surface area (Å²) < 4.78 is 0. The first-order valence-electron chi connectivity index (χ1n) is 5.65. The van der Waals surface area contributed by atoms with E-state index in [0.29, 0.717) is 34.5 Å². The number of halogens is 2. The maximum atomic E-state index is 12.1. The second-order valence-electron chi connectivity index (χ2n) is 4.76. The molecule has 0 saturated heterocycles. The highest BCUT2D eigenvalue weighted by molar-refractivity contribution is 6.44. The number of benzene rings is 1. The van der Waals surface area contributed by atoms with E-state index in [-0.39, 0.29) is 5.91 Å². The third-order valence-electron chi connectivity index (χ3n) is 3.24. The highest BCUT2D eigenvalue weighted by Gasteiger charge is 2.49. The lowest BCUT2D eigenvalue weighted by Gasteiger charge is -2.39. The largest absolute Gasteiger partial charge is 0.323 e. The molecule has 18 heavy (non-hydrogen) atoms. The summed E-state index contributed by atoms with van der Waals surface area (Å²) in [4.78, 5) is 12.1. The first kappa shape index (κ1) is 13.2. The van der Waals surface area contributed by atoms with Crippen molar-refractivity contribution in [2.45, 2.75) is 19.8 Å². The molecule has 0 spiro atoms. The van der Waals surface area contributed by atoms with Crippen LogP contribution < -0.4 is 5.32 Å². The summed E-state index contributed by atoms with van der Waals surface area (Å²) in [5.74, 6) is 0.109. The van der Waals surface area contributed by atoms with Gasteiger partial charge in [0.2, 0.25) is 5.91 Å². The van der Waals surface area contributed by atoms with E-state index < -0.39 is 5.41 Å². The van der Waals surface area contributed by atoms with E-state index in [1.54, 1.807) is 18.2 Å². The van der Waals surface area contributed by atoms with Gasteiger partial charge in [-0.25, -0.2) is 0 Å². The molecule has 1 fully saturated rings. The summed E-state index contributed by atoms with van der Waals surface area (Å²) in [7, 11) is 0. The van der Waals surface area contributed by atoms with Gasteiger partial charge in [0.1, 0.15) is 5.41 Å². The molecule has 94 valence electrons.